The second-order valence-corrected chi connectivity index (χ2v) is 7.85. The second kappa shape index (κ2) is 6.84. The molecule has 2 aliphatic rings. The third-order valence-corrected chi connectivity index (χ3v) is 5.96. The predicted octanol–water partition coefficient (Wildman–Crippen LogP) is 3.90. The van der Waals surface area contributed by atoms with Gasteiger partial charge in [-0.2, -0.15) is 0 Å². The van der Waals surface area contributed by atoms with Gasteiger partial charge in [0.05, 0.1) is 0 Å². The molecule has 3 atom stereocenters. The van der Waals surface area contributed by atoms with E-state index in [2.05, 4.69) is 19.0 Å². The summed E-state index contributed by atoms with van der Waals surface area (Å²) >= 11 is 0. The molecule has 2 aromatic rings. The van der Waals surface area contributed by atoms with Crippen LogP contribution >= 0.6 is 0 Å². The first-order valence-electron chi connectivity index (χ1n) is 9.34. The molecule has 2 aromatic carbocycles. The number of hydrogen-bond acceptors (Lipinski definition) is 2. The molecule has 1 saturated heterocycles. The molecule has 1 aliphatic carbocycles. The van der Waals surface area contributed by atoms with Crippen LogP contribution < -0.4 is 0 Å². The zero-order valence-corrected chi connectivity index (χ0v) is 15.4. The maximum absolute atomic E-state index is 13.4. The fraction of sp³-hybridized carbons (Fsp3) is 0.409. The Morgan fingerprint density at radius 2 is 1.65 bits per heavy atom. The highest BCUT2D eigenvalue weighted by atomic mass is 19.1. The van der Waals surface area contributed by atoms with Crippen LogP contribution in [0, 0.1) is 17.7 Å². The average Bonchev–Trinajstić information content (AvgIpc) is 2.92. The van der Waals surface area contributed by atoms with Gasteiger partial charge in [-0.25, -0.2) is 4.39 Å². The molecule has 1 saturated carbocycles. The Kier molecular flexibility index (Phi) is 4.53. The van der Waals surface area contributed by atoms with E-state index in [1.54, 1.807) is 6.07 Å². The van der Waals surface area contributed by atoms with Crippen molar-refractivity contribution in [3.63, 3.8) is 0 Å². The van der Waals surface area contributed by atoms with Crippen LogP contribution in [-0.4, -0.2) is 48.9 Å². The number of likely N-dealkylation sites (tertiary alicyclic amines) is 1. The summed E-state index contributed by atoms with van der Waals surface area (Å²) in [6.07, 6.45) is 2.44. The Balaban J connectivity index is 1.49. The van der Waals surface area contributed by atoms with Gasteiger partial charge in [-0.3, -0.25) is 4.79 Å². The van der Waals surface area contributed by atoms with Crippen molar-refractivity contribution in [2.45, 2.75) is 18.9 Å². The number of carbonyl (C=O) groups is 1. The number of piperidine rings is 1. The Morgan fingerprint density at radius 1 is 1.00 bits per heavy atom. The lowest BCUT2D eigenvalue weighted by Gasteiger charge is -2.41. The van der Waals surface area contributed by atoms with Crippen molar-refractivity contribution in [3.8, 4) is 11.1 Å². The van der Waals surface area contributed by atoms with Gasteiger partial charge in [0.15, 0.2) is 0 Å². The summed E-state index contributed by atoms with van der Waals surface area (Å²) in [5.41, 5.74) is 2.47. The standard InChI is InChI=1S/C22H25FN2O/c1-24(2)21-18-10-11-19(21)14-25(13-18)22(26)16-8-6-15(7-9-16)17-4-3-5-20(23)12-17/h3-9,12,18-19,21H,10-11,13-14H2,1-2H3/t18-,19+,21?. The highest BCUT2D eigenvalue weighted by Crippen LogP contribution is 2.39. The summed E-state index contributed by atoms with van der Waals surface area (Å²) in [5.74, 6) is 1.03. The van der Waals surface area contributed by atoms with Gasteiger partial charge in [-0.15, -0.1) is 0 Å². The SMILES string of the molecule is CN(C)C1[C@@H]2CC[C@H]1CN(C(=O)c1ccc(-c3cccc(F)c3)cc1)C2. The van der Waals surface area contributed by atoms with E-state index in [-0.39, 0.29) is 11.7 Å². The summed E-state index contributed by atoms with van der Waals surface area (Å²) in [4.78, 5) is 17.3. The predicted molar refractivity (Wildman–Crippen MR) is 101 cm³/mol. The minimum absolute atomic E-state index is 0.116. The minimum atomic E-state index is -0.248. The number of amides is 1. The van der Waals surface area contributed by atoms with E-state index >= 15 is 0 Å². The fourth-order valence-corrected chi connectivity index (χ4v) is 4.86. The lowest BCUT2D eigenvalue weighted by atomic mass is 9.91. The Hall–Kier alpha value is -2.20. The van der Waals surface area contributed by atoms with E-state index < -0.39 is 0 Å². The first-order valence-corrected chi connectivity index (χ1v) is 9.34. The van der Waals surface area contributed by atoms with Gasteiger partial charge in [-0.05, 0) is 74.2 Å². The lowest BCUT2D eigenvalue weighted by molar-refractivity contribution is 0.0487. The molecule has 3 nitrogen and oxygen atoms in total. The molecular formula is C22H25FN2O. The zero-order chi connectivity index (χ0) is 18.3. The number of nitrogens with zero attached hydrogens (tertiary/aromatic N) is 2. The number of fused-ring (bicyclic) bond motifs is 2. The second-order valence-electron chi connectivity index (χ2n) is 7.85. The first kappa shape index (κ1) is 17.2. The van der Waals surface area contributed by atoms with E-state index in [1.807, 2.05) is 35.2 Å². The molecule has 4 heteroatoms. The Labute approximate surface area is 154 Å². The Morgan fingerprint density at radius 3 is 2.23 bits per heavy atom. The van der Waals surface area contributed by atoms with Crippen LogP contribution in [0.25, 0.3) is 11.1 Å². The van der Waals surface area contributed by atoms with E-state index in [1.165, 1.54) is 25.0 Å². The molecule has 2 fully saturated rings. The third kappa shape index (κ3) is 3.14. The fourth-order valence-electron chi connectivity index (χ4n) is 4.86. The summed E-state index contributed by atoms with van der Waals surface area (Å²) in [6, 6.07) is 14.7. The third-order valence-electron chi connectivity index (χ3n) is 5.96. The molecule has 136 valence electrons. The monoisotopic (exact) mass is 352 g/mol. The molecule has 1 unspecified atom stereocenters. The normalized spacial score (nSPS) is 24.9. The maximum Gasteiger partial charge on any atom is 0.253 e. The van der Waals surface area contributed by atoms with Gasteiger partial charge in [-0.1, -0.05) is 24.3 Å². The topological polar surface area (TPSA) is 23.6 Å². The molecule has 4 rings (SSSR count). The van der Waals surface area contributed by atoms with Gasteiger partial charge >= 0.3 is 0 Å². The van der Waals surface area contributed by atoms with Gasteiger partial charge in [0.25, 0.3) is 5.91 Å². The molecular weight excluding hydrogens is 327 g/mol. The molecule has 0 spiro atoms. The van der Waals surface area contributed by atoms with Gasteiger partial charge in [0.2, 0.25) is 0 Å². The van der Waals surface area contributed by atoms with Crippen molar-refractivity contribution in [3.05, 3.63) is 59.9 Å². The summed E-state index contributed by atoms with van der Waals surface area (Å²) in [6.45, 7) is 1.70. The van der Waals surface area contributed by atoms with E-state index in [0.29, 0.717) is 23.4 Å². The van der Waals surface area contributed by atoms with E-state index in [0.717, 1.165) is 24.2 Å². The number of carbonyl (C=O) groups excluding carboxylic acids is 1. The van der Waals surface area contributed by atoms with Crippen molar-refractivity contribution in [1.29, 1.82) is 0 Å². The molecule has 0 radical (unpaired) electrons. The van der Waals surface area contributed by atoms with Crippen LogP contribution in [0.2, 0.25) is 0 Å². The van der Waals surface area contributed by atoms with Gasteiger partial charge < -0.3 is 9.80 Å². The smallest absolute Gasteiger partial charge is 0.253 e. The summed E-state index contributed by atoms with van der Waals surface area (Å²) < 4.78 is 13.4. The number of rotatable bonds is 3. The first-order chi connectivity index (χ1) is 12.5. The molecule has 0 N–H and O–H groups in total. The van der Waals surface area contributed by atoms with Crippen LogP contribution in [0.15, 0.2) is 48.5 Å². The molecule has 1 amide bonds. The number of benzene rings is 2. The highest BCUT2D eigenvalue weighted by molar-refractivity contribution is 5.94. The molecule has 2 bridgehead atoms. The van der Waals surface area contributed by atoms with Crippen LogP contribution in [0.4, 0.5) is 4.39 Å². The maximum atomic E-state index is 13.4. The van der Waals surface area contributed by atoms with E-state index in [4.69, 9.17) is 0 Å². The molecule has 1 heterocycles. The van der Waals surface area contributed by atoms with E-state index in [9.17, 15) is 9.18 Å². The van der Waals surface area contributed by atoms with Crippen LogP contribution in [-0.2, 0) is 0 Å². The molecule has 1 aliphatic heterocycles. The van der Waals surface area contributed by atoms with Gasteiger partial charge in [0, 0.05) is 24.7 Å². The molecule has 0 aromatic heterocycles. The van der Waals surface area contributed by atoms with Crippen molar-refractivity contribution >= 4 is 5.91 Å². The zero-order valence-electron chi connectivity index (χ0n) is 15.4. The van der Waals surface area contributed by atoms with Crippen LogP contribution in [0.5, 0.6) is 0 Å². The van der Waals surface area contributed by atoms with Crippen molar-refractivity contribution in [1.82, 2.24) is 9.80 Å². The van der Waals surface area contributed by atoms with Crippen LogP contribution in [0.3, 0.4) is 0 Å². The van der Waals surface area contributed by atoms with Crippen molar-refractivity contribution in [2.24, 2.45) is 11.8 Å². The molecule has 26 heavy (non-hydrogen) atoms. The van der Waals surface area contributed by atoms with Gasteiger partial charge in [0.1, 0.15) is 5.82 Å². The summed E-state index contributed by atoms with van der Waals surface area (Å²) in [5, 5.41) is 0. The minimum Gasteiger partial charge on any atom is -0.338 e. The average molecular weight is 352 g/mol. The van der Waals surface area contributed by atoms with Crippen molar-refractivity contribution in [2.75, 3.05) is 27.2 Å². The van der Waals surface area contributed by atoms with Crippen molar-refractivity contribution < 1.29 is 9.18 Å². The van der Waals surface area contributed by atoms with Crippen LogP contribution in [0.1, 0.15) is 23.2 Å². The number of hydrogen-bond donors (Lipinski definition) is 0. The number of halogens is 1. The lowest BCUT2D eigenvalue weighted by Crippen LogP contribution is -2.52. The quantitative estimate of drug-likeness (QED) is 0.836. The Bertz CT molecular complexity index is 788. The summed E-state index contributed by atoms with van der Waals surface area (Å²) in [7, 11) is 4.30. The largest absolute Gasteiger partial charge is 0.338 e. The highest BCUT2D eigenvalue weighted by Gasteiger charge is 2.44.